The first kappa shape index (κ1) is 22.1. The Bertz CT molecular complexity index is 1020. The second kappa shape index (κ2) is 9.47. The maximum absolute atomic E-state index is 12.4. The molecule has 1 aromatic carbocycles. The fourth-order valence-corrected chi connectivity index (χ4v) is 3.54. The van der Waals surface area contributed by atoms with Gasteiger partial charge in [0.1, 0.15) is 0 Å². The van der Waals surface area contributed by atoms with Crippen molar-refractivity contribution in [2.75, 3.05) is 21.3 Å². The highest BCUT2D eigenvalue weighted by atomic mass is 16.5. The lowest BCUT2D eigenvalue weighted by Crippen LogP contribution is -2.34. The van der Waals surface area contributed by atoms with Gasteiger partial charge in [0.25, 0.3) is 5.91 Å². The number of carbonyl (C=O) groups excluding carboxylic acids is 2. The van der Waals surface area contributed by atoms with Crippen LogP contribution in [0.1, 0.15) is 19.4 Å². The molecule has 0 saturated heterocycles. The number of aliphatic imine (C=N–C) groups is 1. The van der Waals surface area contributed by atoms with Crippen LogP contribution in [-0.2, 0) is 9.59 Å². The predicted molar refractivity (Wildman–Crippen MR) is 119 cm³/mol. The SMILES string of the molecule is COc1cc(/C=C/C(=O)N=C2C=CC3C(=C2)NC(=O)C=C3C(C)C)cc(OC)c1OC. The molecule has 1 aliphatic heterocycles. The van der Waals surface area contributed by atoms with Gasteiger partial charge in [-0.05, 0) is 47.4 Å². The largest absolute Gasteiger partial charge is 0.493 e. The monoisotopic (exact) mass is 422 g/mol. The molecule has 7 nitrogen and oxygen atoms in total. The van der Waals surface area contributed by atoms with Gasteiger partial charge in [0.2, 0.25) is 11.7 Å². The topological polar surface area (TPSA) is 86.2 Å². The lowest BCUT2D eigenvalue weighted by atomic mass is 9.82. The molecule has 0 aromatic heterocycles. The number of nitrogens with zero attached hydrogens (tertiary/aromatic N) is 1. The fourth-order valence-electron chi connectivity index (χ4n) is 3.54. The molecule has 0 radical (unpaired) electrons. The molecule has 0 bridgehead atoms. The summed E-state index contributed by atoms with van der Waals surface area (Å²) in [6.45, 7) is 4.11. The first-order valence-corrected chi connectivity index (χ1v) is 9.89. The summed E-state index contributed by atoms with van der Waals surface area (Å²) in [6.07, 6.45) is 10.1. The van der Waals surface area contributed by atoms with Gasteiger partial charge in [-0.3, -0.25) is 9.59 Å². The average Bonchev–Trinajstić information content (AvgIpc) is 2.75. The summed E-state index contributed by atoms with van der Waals surface area (Å²) in [5.74, 6) is 1.13. The quantitative estimate of drug-likeness (QED) is 0.710. The van der Waals surface area contributed by atoms with Gasteiger partial charge in [0, 0.05) is 23.8 Å². The maximum atomic E-state index is 12.4. The van der Waals surface area contributed by atoms with Gasteiger partial charge in [-0.25, -0.2) is 4.99 Å². The van der Waals surface area contributed by atoms with Crippen molar-refractivity contribution in [3.05, 3.63) is 59.3 Å². The Balaban J connectivity index is 1.80. The number of fused-ring (bicyclic) bond motifs is 1. The molecule has 3 rings (SSSR count). The zero-order valence-corrected chi connectivity index (χ0v) is 18.3. The van der Waals surface area contributed by atoms with Crippen molar-refractivity contribution in [3.63, 3.8) is 0 Å². The van der Waals surface area contributed by atoms with Crippen LogP contribution in [0, 0.1) is 11.8 Å². The van der Waals surface area contributed by atoms with Crippen LogP contribution in [0.15, 0.2) is 58.8 Å². The molecule has 1 unspecified atom stereocenters. The zero-order chi connectivity index (χ0) is 22.5. The number of nitrogens with one attached hydrogen (secondary N) is 1. The third kappa shape index (κ3) is 4.94. The minimum atomic E-state index is -0.425. The van der Waals surface area contributed by atoms with Crippen molar-refractivity contribution in [2.45, 2.75) is 13.8 Å². The smallest absolute Gasteiger partial charge is 0.270 e. The van der Waals surface area contributed by atoms with E-state index in [1.54, 1.807) is 36.4 Å². The number of allylic oxidation sites excluding steroid dienone is 3. The Kier molecular flexibility index (Phi) is 6.74. The maximum Gasteiger partial charge on any atom is 0.270 e. The first-order valence-electron chi connectivity index (χ1n) is 9.89. The molecular weight excluding hydrogens is 396 g/mol. The number of benzene rings is 1. The van der Waals surface area contributed by atoms with Gasteiger partial charge in [0.05, 0.1) is 27.0 Å². The van der Waals surface area contributed by atoms with E-state index in [4.69, 9.17) is 14.2 Å². The van der Waals surface area contributed by atoms with E-state index in [2.05, 4.69) is 24.2 Å². The summed E-state index contributed by atoms with van der Waals surface area (Å²) < 4.78 is 16.0. The van der Waals surface area contributed by atoms with Gasteiger partial charge in [0.15, 0.2) is 11.5 Å². The molecule has 162 valence electrons. The molecule has 0 spiro atoms. The normalized spacial score (nSPS) is 19.1. The highest BCUT2D eigenvalue weighted by molar-refractivity contribution is 6.13. The Morgan fingerprint density at radius 2 is 1.77 bits per heavy atom. The number of methoxy groups -OCH3 is 3. The van der Waals surface area contributed by atoms with Crippen molar-refractivity contribution in [1.29, 1.82) is 0 Å². The van der Waals surface area contributed by atoms with Crippen LogP contribution in [0.4, 0.5) is 0 Å². The fraction of sp³-hybridized carbons (Fsp3) is 0.292. The molecule has 7 heteroatoms. The Labute approximate surface area is 181 Å². The van der Waals surface area contributed by atoms with E-state index in [0.29, 0.717) is 28.5 Å². The van der Waals surface area contributed by atoms with Gasteiger partial charge in [-0.15, -0.1) is 0 Å². The Morgan fingerprint density at radius 3 is 2.35 bits per heavy atom. The summed E-state index contributed by atoms with van der Waals surface area (Å²) in [5, 5.41) is 2.85. The van der Waals surface area contributed by atoms with Crippen LogP contribution in [0.25, 0.3) is 6.08 Å². The Hall–Kier alpha value is -3.61. The van der Waals surface area contributed by atoms with Crippen molar-refractivity contribution < 1.29 is 23.8 Å². The Morgan fingerprint density at radius 1 is 1.10 bits per heavy atom. The lowest BCUT2D eigenvalue weighted by Gasteiger charge is -2.29. The highest BCUT2D eigenvalue weighted by Crippen LogP contribution is 2.38. The molecule has 1 N–H and O–H groups in total. The van der Waals surface area contributed by atoms with Gasteiger partial charge >= 0.3 is 0 Å². The third-order valence-electron chi connectivity index (χ3n) is 5.03. The van der Waals surface area contributed by atoms with Crippen LogP contribution in [-0.4, -0.2) is 38.9 Å². The van der Waals surface area contributed by atoms with E-state index in [9.17, 15) is 9.59 Å². The summed E-state index contributed by atoms with van der Waals surface area (Å²) in [4.78, 5) is 28.5. The van der Waals surface area contributed by atoms with Gasteiger partial charge < -0.3 is 19.5 Å². The standard InChI is InChI=1S/C24H26N2O5/c1-14(2)18-13-23(28)26-19-12-16(7-8-17(18)19)25-22(27)9-6-15-10-20(29-3)24(31-5)21(11-15)30-4/h6-14,17H,1-5H3,(H,26,28)/b9-6+,25-16?. The van der Waals surface area contributed by atoms with Crippen LogP contribution in [0.2, 0.25) is 0 Å². The summed E-state index contributed by atoms with van der Waals surface area (Å²) >= 11 is 0. The van der Waals surface area contributed by atoms with Gasteiger partial charge in [-0.2, -0.15) is 0 Å². The van der Waals surface area contributed by atoms with E-state index in [-0.39, 0.29) is 17.7 Å². The van der Waals surface area contributed by atoms with E-state index in [1.165, 1.54) is 27.4 Å². The number of amides is 2. The first-order chi connectivity index (χ1) is 14.9. The number of carbonyl (C=O) groups is 2. The van der Waals surface area contributed by atoms with Crippen molar-refractivity contribution in [3.8, 4) is 17.2 Å². The molecule has 0 saturated carbocycles. The molecule has 1 aliphatic carbocycles. The minimum absolute atomic E-state index is 0.00141. The number of ether oxygens (including phenoxy) is 3. The predicted octanol–water partition coefficient (Wildman–Crippen LogP) is 3.48. The number of hydrogen-bond donors (Lipinski definition) is 1. The van der Waals surface area contributed by atoms with Crippen LogP contribution in [0.3, 0.4) is 0 Å². The third-order valence-corrected chi connectivity index (χ3v) is 5.03. The van der Waals surface area contributed by atoms with Crippen molar-refractivity contribution in [1.82, 2.24) is 5.32 Å². The van der Waals surface area contributed by atoms with Crippen LogP contribution in [0.5, 0.6) is 17.2 Å². The number of hydrogen-bond acceptors (Lipinski definition) is 5. The van der Waals surface area contributed by atoms with Crippen molar-refractivity contribution in [2.24, 2.45) is 16.8 Å². The molecule has 1 heterocycles. The van der Waals surface area contributed by atoms with Crippen LogP contribution >= 0.6 is 0 Å². The molecule has 2 amide bonds. The van der Waals surface area contributed by atoms with Crippen molar-refractivity contribution >= 4 is 23.6 Å². The summed E-state index contributed by atoms with van der Waals surface area (Å²) in [7, 11) is 4.59. The van der Waals surface area contributed by atoms with E-state index in [1.807, 2.05) is 6.08 Å². The van der Waals surface area contributed by atoms with E-state index in [0.717, 1.165) is 11.3 Å². The molecule has 2 aliphatic rings. The molecule has 1 aromatic rings. The molecule has 0 fully saturated rings. The summed E-state index contributed by atoms with van der Waals surface area (Å²) in [6, 6.07) is 3.48. The molecule has 31 heavy (non-hydrogen) atoms. The van der Waals surface area contributed by atoms with E-state index < -0.39 is 5.91 Å². The van der Waals surface area contributed by atoms with Gasteiger partial charge in [-0.1, -0.05) is 19.9 Å². The number of rotatable bonds is 6. The molecule has 1 atom stereocenters. The highest BCUT2D eigenvalue weighted by Gasteiger charge is 2.27. The van der Waals surface area contributed by atoms with E-state index >= 15 is 0 Å². The average molecular weight is 422 g/mol. The molecular formula is C24H26N2O5. The summed E-state index contributed by atoms with van der Waals surface area (Å²) in [5.41, 5.74) is 2.96. The second-order valence-electron chi connectivity index (χ2n) is 7.39. The zero-order valence-electron chi connectivity index (χ0n) is 18.3. The minimum Gasteiger partial charge on any atom is -0.493 e. The lowest BCUT2D eigenvalue weighted by molar-refractivity contribution is -0.116. The second-order valence-corrected chi connectivity index (χ2v) is 7.39. The van der Waals surface area contributed by atoms with Crippen LogP contribution < -0.4 is 19.5 Å².